The first-order chi connectivity index (χ1) is 13.8. The molecule has 7 nitrogen and oxygen atoms in total. The Bertz CT molecular complexity index is 1220. The Balaban J connectivity index is 1.64. The van der Waals surface area contributed by atoms with Gasteiger partial charge in [0.1, 0.15) is 5.52 Å². The van der Waals surface area contributed by atoms with Crippen LogP contribution in [0.25, 0.3) is 11.1 Å². The highest BCUT2D eigenvalue weighted by Gasteiger charge is 2.33. The van der Waals surface area contributed by atoms with Gasteiger partial charge in [-0.3, -0.25) is 9.25 Å². The fraction of sp³-hybridized carbons (Fsp3) is 0.176. The number of alkyl halides is 3. The van der Waals surface area contributed by atoms with Gasteiger partial charge in [0.2, 0.25) is 0 Å². The zero-order valence-corrected chi connectivity index (χ0v) is 16.0. The highest BCUT2D eigenvalue weighted by Crippen LogP contribution is 2.31. The van der Waals surface area contributed by atoms with E-state index in [9.17, 15) is 18.0 Å². The Morgan fingerprint density at radius 1 is 1.14 bits per heavy atom. The summed E-state index contributed by atoms with van der Waals surface area (Å²) in [5.74, 6) is -0.617. The Labute approximate surface area is 170 Å². The van der Waals surface area contributed by atoms with Crippen molar-refractivity contribution in [3.05, 3.63) is 64.1 Å². The Morgan fingerprint density at radius 3 is 2.59 bits per heavy atom. The van der Waals surface area contributed by atoms with Crippen molar-refractivity contribution in [1.29, 1.82) is 0 Å². The summed E-state index contributed by atoms with van der Waals surface area (Å²) in [6.45, 7) is 0.130. The van der Waals surface area contributed by atoms with Crippen LogP contribution in [0, 0.1) is 0 Å². The standard InChI is InChI=1S/C17H11ClF3N5O2S/c18-10-8-22-15(23-9-10)29-12-3-1-2-11-14(12)26(16(27)28-11)7-6-25-5-4-13(24-25)17(19,20)21/h1-5,8-9H,6-7H2. The number of oxazole rings is 1. The van der Waals surface area contributed by atoms with Gasteiger partial charge in [-0.15, -0.1) is 0 Å². The van der Waals surface area contributed by atoms with Crippen molar-refractivity contribution in [2.45, 2.75) is 29.3 Å². The van der Waals surface area contributed by atoms with Crippen LogP contribution in [0.15, 0.2) is 62.1 Å². The number of aryl methyl sites for hydroxylation is 2. The quantitative estimate of drug-likeness (QED) is 0.434. The van der Waals surface area contributed by atoms with E-state index in [0.717, 1.165) is 10.7 Å². The van der Waals surface area contributed by atoms with Gasteiger partial charge in [0.05, 0.1) is 24.0 Å². The smallest absolute Gasteiger partial charge is 0.408 e. The number of aromatic nitrogens is 5. The molecule has 3 heterocycles. The van der Waals surface area contributed by atoms with E-state index in [1.165, 1.54) is 34.9 Å². The van der Waals surface area contributed by atoms with Gasteiger partial charge in [-0.2, -0.15) is 18.3 Å². The molecule has 0 amide bonds. The van der Waals surface area contributed by atoms with Crippen molar-refractivity contribution in [3.63, 3.8) is 0 Å². The predicted molar refractivity (Wildman–Crippen MR) is 98.9 cm³/mol. The molecule has 4 aromatic rings. The van der Waals surface area contributed by atoms with Crippen LogP contribution in [0.2, 0.25) is 5.02 Å². The van der Waals surface area contributed by atoms with Gasteiger partial charge in [0, 0.05) is 17.6 Å². The van der Waals surface area contributed by atoms with E-state index in [4.69, 9.17) is 16.0 Å². The van der Waals surface area contributed by atoms with Gasteiger partial charge in [-0.25, -0.2) is 14.8 Å². The van der Waals surface area contributed by atoms with E-state index in [0.29, 0.717) is 26.2 Å². The molecule has 0 radical (unpaired) electrons. The lowest BCUT2D eigenvalue weighted by Gasteiger charge is -2.07. The van der Waals surface area contributed by atoms with Crippen LogP contribution in [0.4, 0.5) is 13.2 Å². The third-order valence-corrected chi connectivity index (χ3v) is 5.07. The summed E-state index contributed by atoms with van der Waals surface area (Å²) < 4.78 is 45.9. The molecule has 0 saturated heterocycles. The van der Waals surface area contributed by atoms with E-state index < -0.39 is 17.6 Å². The summed E-state index contributed by atoms with van der Waals surface area (Å²) in [6, 6.07) is 6.01. The van der Waals surface area contributed by atoms with Gasteiger partial charge in [-0.1, -0.05) is 17.7 Å². The summed E-state index contributed by atoms with van der Waals surface area (Å²) in [7, 11) is 0. The van der Waals surface area contributed by atoms with E-state index in [1.54, 1.807) is 18.2 Å². The van der Waals surface area contributed by atoms with Crippen molar-refractivity contribution >= 4 is 34.5 Å². The highest BCUT2D eigenvalue weighted by molar-refractivity contribution is 7.99. The molecule has 0 bridgehead atoms. The third-order valence-electron chi connectivity index (χ3n) is 3.93. The summed E-state index contributed by atoms with van der Waals surface area (Å²) in [4.78, 5) is 21.2. The van der Waals surface area contributed by atoms with Crippen LogP contribution in [-0.2, 0) is 19.3 Å². The minimum Gasteiger partial charge on any atom is -0.408 e. The topological polar surface area (TPSA) is 78.7 Å². The maximum atomic E-state index is 12.7. The number of rotatable bonds is 5. The largest absolute Gasteiger partial charge is 0.435 e. The number of halogens is 4. The van der Waals surface area contributed by atoms with Crippen molar-refractivity contribution in [2.24, 2.45) is 0 Å². The van der Waals surface area contributed by atoms with Crippen LogP contribution in [0.3, 0.4) is 0 Å². The number of fused-ring (bicyclic) bond motifs is 1. The summed E-state index contributed by atoms with van der Waals surface area (Å²) in [6.07, 6.45) is -0.398. The molecule has 0 fully saturated rings. The minimum atomic E-state index is -4.52. The number of hydrogen-bond donors (Lipinski definition) is 0. The Hall–Kier alpha value is -2.79. The lowest BCUT2D eigenvalue weighted by atomic mass is 10.3. The molecule has 0 unspecified atom stereocenters. The lowest BCUT2D eigenvalue weighted by Crippen LogP contribution is -2.18. The van der Waals surface area contributed by atoms with Crippen LogP contribution in [-0.4, -0.2) is 24.3 Å². The van der Waals surface area contributed by atoms with Gasteiger partial charge >= 0.3 is 11.9 Å². The highest BCUT2D eigenvalue weighted by atomic mass is 35.5. The molecule has 0 atom stereocenters. The first-order valence-electron chi connectivity index (χ1n) is 8.20. The maximum Gasteiger partial charge on any atom is 0.435 e. The molecule has 29 heavy (non-hydrogen) atoms. The fourth-order valence-electron chi connectivity index (χ4n) is 2.67. The molecule has 0 N–H and O–H groups in total. The molecule has 12 heteroatoms. The molecule has 0 spiro atoms. The average Bonchev–Trinajstić information content (AvgIpc) is 3.26. The number of benzene rings is 1. The minimum absolute atomic E-state index is 0.0566. The Morgan fingerprint density at radius 2 is 1.90 bits per heavy atom. The molecule has 0 aliphatic rings. The monoisotopic (exact) mass is 441 g/mol. The molecule has 150 valence electrons. The lowest BCUT2D eigenvalue weighted by molar-refractivity contribution is -0.141. The molecule has 1 aromatic carbocycles. The first kappa shape index (κ1) is 19.5. The Kier molecular flexibility index (Phi) is 5.09. The first-order valence-corrected chi connectivity index (χ1v) is 9.39. The number of nitrogens with zero attached hydrogens (tertiary/aromatic N) is 5. The van der Waals surface area contributed by atoms with Gasteiger partial charge in [0.15, 0.2) is 16.4 Å². The third kappa shape index (κ3) is 4.15. The maximum absolute atomic E-state index is 12.7. The second-order valence-electron chi connectivity index (χ2n) is 5.87. The zero-order valence-electron chi connectivity index (χ0n) is 14.4. The molecule has 0 saturated carbocycles. The molecular formula is C17H11ClF3N5O2S. The van der Waals surface area contributed by atoms with Crippen molar-refractivity contribution < 1.29 is 17.6 Å². The van der Waals surface area contributed by atoms with Crippen molar-refractivity contribution in [1.82, 2.24) is 24.3 Å². The van der Waals surface area contributed by atoms with E-state index in [2.05, 4.69) is 15.1 Å². The second kappa shape index (κ2) is 7.56. The zero-order chi connectivity index (χ0) is 20.6. The van der Waals surface area contributed by atoms with Crippen LogP contribution < -0.4 is 5.76 Å². The van der Waals surface area contributed by atoms with E-state index in [-0.39, 0.29) is 13.1 Å². The van der Waals surface area contributed by atoms with Crippen molar-refractivity contribution in [3.8, 4) is 0 Å². The summed E-state index contributed by atoms with van der Waals surface area (Å²) >= 11 is 7.00. The van der Waals surface area contributed by atoms with Crippen LogP contribution in [0.1, 0.15) is 5.69 Å². The number of hydrogen-bond acceptors (Lipinski definition) is 6. The predicted octanol–water partition coefficient (Wildman–Crippen LogP) is 4.10. The van der Waals surface area contributed by atoms with E-state index in [1.807, 2.05) is 0 Å². The summed E-state index contributed by atoms with van der Waals surface area (Å²) in [5, 5.41) is 4.31. The normalized spacial score (nSPS) is 12.0. The van der Waals surface area contributed by atoms with Gasteiger partial charge in [-0.05, 0) is 30.0 Å². The van der Waals surface area contributed by atoms with Crippen LogP contribution >= 0.6 is 23.4 Å². The molecule has 4 rings (SSSR count). The van der Waals surface area contributed by atoms with Crippen molar-refractivity contribution in [2.75, 3.05) is 0 Å². The fourth-order valence-corrected chi connectivity index (χ4v) is 3.63. The van der Waals surface area contributed by atoms with Crippen LogP contribution in [0.5, 0.6) is 0 Å². The molecular weight excluding hydrogens is 431 g/mol. The SMILES string of the molecule is O=c1oc2cccc(Sc3ncc(Cl)cn3)c2n1CCn1ccc(C(F)(F)F)n1. The average molecular weight is 442 g/mol. The molecule has 3 aromatic heterocycles. The van der Waals surface area contributed by atoms with E-state index >= 15 is 0 Å². The van der Waals surface area contributed by atoms with Gasteiger partial charge < -0.3 is 4.42 Å². The summed E-state index contributed by atoms with van der Waals surface area (Å²) in [5.41, 5.74) is -0.132. The van der Waals surface area contributed by atoms with Gasteiger partial charge in [0.25, 0.3) is 0 Å². The second-order valence-corrected chi connectivity index (χ2v) is 7.32. The number of para-hydroxylation sites is 1. The molecule has 0 aliphatic carbocycles. The molecule has 0 aliphatic heterocycles.